The first kappa shape index (κ1) is 27.5. The van der Waals surface area contributed by atoms with E-state index in [-0.39, 0.29) is 23.7 Å². The number of carbonyl (C=O) groups excluding carboxylic acids is 1. The third-order valence-electron chi connectivity index (χ3n) is 7.62. The highest BCUT2D eigenvalue weighted by Gasteiger charge is 2.35. The Kier molecular flexibility index (Phi) is 7.93. The summed E-state index contributed by atoms with van der Waals surface area (Å²) < 4.78 is 18.6. The fraction of sp³-hybridized carbons (Fsp3) is 0.387. The summed E-state index contributed by atoms with van der Waals surface area (Å²) in [7, 11) is 1.29. The quantitative estimate of drug-likeness (QED) is 0.319. The molecular formula is C31H34N2O7. The molecule has 1 aromatic carbocycles. The number of carbonyl (C=O) groups is 1. The predicted octanol–water partition coefficient (Wildman–Crippen LogP) is 3.78. The van der Waals surface area contributed by atoms with E-state index in [0.29, 0.717) is 42.7 Å². The second-order valence-corrected chi connectivity index (χ2v) is 10.8. The van der Waals surface area contributed by atoms with Crippen molar-refractivity contribution in [3.8, 4) is 11.5 Å². The number of nitrogens with zero attached hydrogens (tertiary/aromatic N) is 2. The van der Waals surface area contributed by atoms with Crippen molar-refractivity contribution in [2.24, 2.45) is 5.92 Å². The van der Waals surface area contributed by atoms with Crippen LogP contribution in [0, 0.1) is 5.92 Å². The van der Waals surface area contributed by atoms with Crippen LogP contribution >= 0.6 is 0 Å². The minimum atomic E-state index is -0.741. The number of fused-ring (bicyclic) bond motifs is 4. The van der Waals surface area contributed by atoms with Gasteiger partial charge in [-0.25, -0.2) is 0 Å². The molecule has 3 atom stereocenters. The number of esters is 1. The summed E-state index contributed by atoms with van der Waals surface area (Å²) >= 11 is 0. The number of pyridine rings is 1. The molecule has 1 saturated heterocycles. The zero-order valence-electron chi connectivity index (χ0n) is 22.8. The summed E-state index contributed by atoms with van der Waals surface area (Å²) in [5.41, 5.74) is 2.04. The third-order valence-corrected chi connectivity index (χ3v) is 7.62. The van der Waals surface area contributed by atoms with Gasteiger partial charge in [0, 0.05) is 43.4 Å². The predicted molar refractivity (Wildman–Crippen MR) is 149 cm³/mol. The van der Waals surface area contributed by atoms with Gasteiger partial charge in [-0.2, -0.15) is 0 Å². The van der Waals surface area contributed by atoms with E-state index in [0.717, 1.165) is 30.8 Å². The summed E-state index contributed by atoms with van der Waals surface area (Å²) in [5.74, 6) is -0.189. The molecule has 0 amide bonds. The van der Waals surface area contributed by atoms with E-state index >= 15 is 0 Å². The molecular weight excluding hydrogens is 512 g/mol. The zero-order chi connectivity index (χ0) is 28.4. The Morgan fingerprint density at radius 3 is 2.65 bits per heavy atom. The molecule has 0 saturated carbocycles. The number of rotatable bonds is 9. The van der Waals surface area contributed by atoms with E-state index < -0.39 is 23.1 Å². The Morgan fingerprint density at radius 1 is 1.15 bits per heavy atom. The van der Waals surface area contributed by atoms with Gasteiger partial charge in [0.1, 0.15) is 18.1 Å². The maximum absolute atomic E-state index is 12.9. The van der Waals surface area contributed by atoms with Crippen molar-refractivity contribution in [3.63, 3.8) is 0 Å². The number of aromatic nitrogens is 1. The first-order valence-corrected chi connectivity index (χ1v) is 13.4. The summed E-state index contributed by atoms with van der Waals surface area (Å²) in [4.78, 5) is 39.8. The lowest BCUT2D eigenvalue weighted by molar-refractivity contribution is -0.140. The molecule has 210 valence electrons. The lowest BCUT2D eigenvalue weighted by Crippen LogP contribution is -2.46. The molecule has 2 aliphatic heterocycles. The molecule has 5 rings (SSSR count). The molecule has 3 aromatic rings. The second-order valence-electron chi connectivity index (χ2n) is 10.8. The fourth-order valence-corrected chi connectivity index (χ4v) is 5.83. The van der Waals surface area contributed by atoms with Crippen molar-refractivity contribution in [1.82, 2.24) is 9.47 Å². The van der Waals surface area contributed by atoms with E-state index in [1.54, 1.807) is 36.4 Å². The van der Waals surface area contributed by atoms with Crippen LogP contribution in [-0.4, -0.2) is 47.3 Å². The van der Waals surface area contributed by atoms with Crippen LogP contribution in [0.4, 0.5) is 0 Å². The van der Waals surface area contributed by atoms with Gasteiger partial charge in [0.25, 0.3) is 5.56 Å². The fourth-order valence-electron chi connectivity index (χ4n) is 5.83. The molecule has 2 aliphatic rings. The van der Waals surface area contributed by atoms with Crippen LogP contribution in [-0.2, 0) is 22.6 Å². The van der Waals surface area contributed by atoms with Gasteiger partial charge in [0.2, 0.25) is 11.2 Å². The van der Waals surface area contributed by atoms with Gasteiger partial charge >= 0.3 is 5.97 Å². The second kappa shape index (κ2) is 11.6. The van der Waals surface area contributed by atoms with Gasteiger partial charge in [-0.3, -0.25) is 19.3 Å². The average molecular weight is 547 g/mol. The first-order valence-electron chi connectivity index (χ1n) is 13.4. The molecule has 4 heterocycles. The number of hydrogen-bond donors (Lipinski definition) is 1. The van der Waals surface area contributed by atoms with Crippen molar-refractivity contribution in [2.45, 2.75) is 44.7 Å². The van der Waals surface area contributed by atoms with Crippen molar-refractivity contribution < 1.29 is 23.8 Å². The Hall–Kier alpha value is -4.11. The normalized spacial score (nSPS) is 18.9. The van der Waals surface area contributed by atoms with Crippen LogP contribution in [0.2, 0.25) is 0 Å². The van der Waals surface area contributed by atoms with Crippen molar-refractivity contribution in [3.05, 3.63) is 104 Å². The number of ether oxygens (including phenoxy) is 2. The lowest BCUT2D eigenvalue weighted by Gasteiger charge is -2.42. The minimum Gasteiger partial charge on any atom is -0.502 e. The van der Waals surface area contributed by atoms with Gasteiger partial charge in [0.05, 0.1) is 26.0 Å². The van der Waals surface area contributed by atoms with Gasteiger partial charge in [-0.05, 0) is 48.6 Å². The average Bonchev–Trinajstić information content (AvgIpc) is 2.93. The number of hydrogen-bond acceptors (Lipinski definition) is 8. The molecule has 9 heteroatoms. The number of benzene rings is 1. The summed E-state index contributed by atoms with van der Waals surface area (Å²) in [6, 6.07) is 13.8. The standard InChI is InChI=1S/C31H34N2O7/c1-19(2)18-39-23-9-7-21(8-10-23)25(13-29(36)38-3)31-30(37)27(34)12-24(40-31)17-32-14-20-11-22(16-32)26-5-4-6-28(35)33(26)15-20/h4-10,12,20,22,25,37H,1,11,13-18H2,2-3H3/t20-,22+,25+/m1/s1. The Morgan fingerprint density at radius 2 is 1.93 bits per heavy atom. The minimum absolute atomic E-state index is 0.0256. The van der Waals surface area contributed by atoms with Crippen molar-refractivity contribution in [1.29, 1.82) is 0 Å². The highest BCUT2D eigenvalue weighted by atomic mass is 16.5. The number of methoxy groups -OCH3 is 1. The van der Waals surface area contributed by atoms with E-state index in [4.69, 9.17) is 13.9 Å². The smallest absolute Gasteiger partial charge is 0.306 e. The molecule has 0 spiro atoms. The highest BCUT2D eigenvalue weighted by Crippen LogP contribution is 2.37. The molecule has 0 aliphatic carbocycles. The van der Waals surface area contributed by atoms with Crippen LogP contribution in [0.3, 0.4) is 0 Å². The molecule has 2 aromatic heterocycles. The Balaban J connectivity index is 1.41. The van der Waals surface area contributed by atoms with Crippen LogP contribution < -0.4 is 15.7 Å². The monoisotopic (exact) mass is 546 g/mol. The Labute approximate surface area is 232 Å². The van der Waals surface area contributed by atoms with Gasteiger partial charge < -0.3 is 23.6 Å². The highest BCUT2D eigenvalue weighted by molar-refractivity contribution is 5.71. The molecule has 0 unspecified atom stereocenters. The van der Waals surface area contributed by atoms with Crippen LogP contribution in [0.25, 0.3) is 0 Å². The molecule has 1 fully saturated rings. The zero-order valence-corrected chi connectivity index (χ0v) is 22.8. The van der Waals surface area contributed by atoms with Crippen LogP contribution in [0.15, 0.2) is 74.7 Å². The molecule has 1 N–H and O–H groups in total. The molecule has 2 bridgehead atoms. The largest absolute Gasteiger partial charge is 0.502 e. The van der Waals surface area contributed by atoms with Crippen molar-refractivity contribution in [2.75, 3.05) is 26.8 Å². The molecule has 0 radical (unpaired) electrons. The lowest BCUT2D eigenvalue weighted by atomic mass is 9.83. The van der Waals surface area contributed by atoms with Gasteiger partial charge in [-0.1, -0.05) is 24.8 Å². The topological polar surface area (TPSA) is 111 Å². The molecule has 40 heavy (non-hydrogen) atoms. The summed E-state index contributed by atoms with van der Waals surface area (Å²) in [5, 5.41) is 10.8. The van der Waals surface area contributed by atoms with Gasteiger partial charge in [0.15, 0.2) is 5.76 Å². The number of likely N-dealkylation sites (tertiary alicyclic amines) is 1. The summed E-state index contributed by atoms with van der Waals surface area (Å²) in [6.07, 6.45) is 0.889. The maximum Gasteiger partial charge on any atom is 0.306 e. The maximum atomic E-state index is 12.9. The Bertz CT molecular complexity index is 1520. The third kappa shape index (κ3) is 5.89. The van der Waals surface area contributed by atoms with E-state index in [1.165, 1.54) is 13.2 Å². The van der Waals surface area contributed by atoms with Gasteiger partial charge in [-0.15, -0.1) is 0 Å². The van der Waals surface area contributed by atoms with Crippen LogP contribution in [0.5, 0.6) is 11.5 Å². The van der Waals surface area contributed by atoms with E-state index in [1.807, 2.05) is 17.6 Å². The van der Waals surface area contributed by atoms with E-state index in [9.17, 15) is 19.5 Å². The summed E-state index contributed by atoms with van der Waals surface area (Å²) in [6.45, 7) is 8.59. The number of aromatic hydroxyl groups is 1. The van der Waals surface area contributed by atoms with Crippen molar-refractivity contribution >= 4 is 5.97 Å². The SMILES string of the molecule is C=C(C)COc1ccc([C@H](CC(=O)OC)c2oc(CN3C[C@H]4C[C@@H](C3)c3cccc(=O)n3C4)cc(=O)c2O)cc1. The van der Waals surface area contributed by atoms with Crippen LogP contribution in [0.1, 0.15) is 54.4 Å². The molecule has 9 nitrogen and oxygen atoms in total. The first-order chi connectivity index (χ1) is 19.2. The van der Waals surface area contributed by atoms with E-state index in [2.05, 4.69) is 11.5 Å². The number of piperidine rings is 1.